The smallest absolute Gasteiger partial charge is 0.548 e. The molecule has 0 heterocycles. The number of hydrogen-bond acceptors (Lipinski definition) is 3. The summed E-state index contributed by atoms with van der Waals surface area (Å²) in [6.45, 7) is 8.02. The van der Waals surface area contributed by atoms with E-state index in [1.54, 1.807) is 6.92 Å². The molecule has 1 unspecified atom stereocenters. The van der Waals surface area contributed by atoms with Crippen LogP contribution in [0.25, 0.3) is 0 Å². The van der Waals surface area contributed by atoms with E-state index in [4.69, 9.17) is 0 Å². The van der Waals surface area contributed by atoms with Crippen LogP contribution in [0, 0.1) is 0 Å². The van der Waals surface area contributed by atoms with Crippen LogP contribution in [0.4, 0.5) is 0 Å². The number of rotatable bonds is 16. The molecule has 0 rings (SSSR count). The van der Waals surface area contributed by atoms with Gasteiger partial charge in [0.25, 0.3) is 0 Å². The van der Waals surface area contributed by atoms with Gasteiger partial charge in [0.1, 0.15) is 0 Å². The van der Waals surface area contributed by atoms with Crippen molar-refractivity contribution < 1.29 is 28.8 Å². The first kappa shape index (κ1) is 25.3. The molecule has 0 fully saturated rings. The molecule has 3 nitrogen and oxygen atoms in total. The SMILES string of the molecule is CCCCCCCCN(CCCCCCCC)C(C)C(=O)[O-].[Li+]. The predicted molar refractivity (Wildman–Crippen MR) is 92.8 cm³/mol. The fourth-order valence-electron chi connectivity index (χ4n) is 2.84. The molecule has 0 amide bonds. The standard InChI is InChI=1S/C19H39NO2.Li/c1-4-6-8-10-12-14-16-20(18(3)19(21)22)17-15-13-11-9-7-5-2;/h18H,4-17H2,1-3H3,(H,21,22);/q;+1/p-1. The number of carbonyl (C=O) groups is 1. The van der Waals surface area contributed by atoms with Crippen molar-refractivity contribution in [3.05, 3.63) is 0 Å². The van der Waals surface area contributed by atoms with Crippen LogP contribution in [0.3, 0.4) is 0 Å². The molecule has 0 saturated heterocycles. The van der Waals surface area contributed by atoms with Gasteiger partial charge in [-0.15, -0.1) is 0 Å². The van der Waals surface area contributed by atoms with Gasteiger partial charge in [-0.25, -0.2) is 0 Å². The molecule has 0 aromatic heterocycles. The number of carboxylic acids is 1. The van der Waals surface area contributed by atoms with E-state index in [0.29, 0.717) is 0 Å². The van der Waals surface area contributed by atoms with Crippen LogP contribution < -0.4 is 24.0 Å². The Morgan fingerprint density at radius 1 is 0.783 bits per heavy atom. The van der Waals surface area contributed by atoms with Crippen molar-refractivity contribution in [3.8, 4) is 0 Å². The minimum Gasteiger partial charge on any atom is -0.548 e. The largest absolute Gasteiger partial charge is 1.00 e. The van der Waals surface area contributed by atoms with E-state index in [-0.39, 0.29) is 18.9 Å². The molecule has 0 bridgehead atoms. The van der Waals surface area contributed by atoms with Crippen molar-refractivity contribution in [2.45, 2.75) is 104 Å². The average molecular weight is 319 g/mol. The third kappa shape index (κ3) is 15.3. The summed E-state index contributed by atoms with van der Waals surface area (Å²) >= 11 is 0. The first-order valence-corrected chi connectivity index (χ1v) is 9.58. The van der Waals surface area contributed by atoms with Gasteiger partial charge in [-0.3, -0.25) is 4.90 Å². The van der Waals surface area contributed by atoms with E-state index in [9.17, 15) is 9.90 Å². The zero-order valence-electron chi connectivity index (χ0n) is 16.2. The van der Waals surface area contributed by atoms with Crippen LogP contribution in [0.1, 0.15) is 97.8 Å². The monoisotopic (exact) mass is 319 g/mol. The molecule has 0 aliphatic carbocycles. The molecule has 23 heavy (non-hydrogen) atoms. The third-order valence-corrected chi connectivity index (χ3v) is 4.49. The Morgan fingerprint density at radius 3 is 1.48 bits per heavy atom. The van der Waals surface area contributed by atoms with E-state index in [1.807, 2.05) is 0 Å². The molecule has 1 atom stereocenters. The van der Waals surface area contributed by atoms with Crippen molar-refractivity contribution in [2.24, 2.45) is 0 Å². The second-order valence-corrected chi connectivity index (χ2v) is 6.57. The fourth-order valence-corrected chi connectivity index (χ4v) is 2.84. The first-order valence-electron chi connectivity index (χ1n) is 9.58. The summed E-state index contributed by atoms with van der Waals surface area (Å²) in [6.07, 6.45) is 15.0. The van der Waals surface area contributed by atoms with Crippen molar-refractivity contribution in [1.29, 1.82) is 0 Å². The zero-order valence-corrected chi connectivity index (χ0v) is 16.2. The number of carbonyl (C=O) groups excluding carboxylic acids is 1. The molecule has 0 spiro atoms. The number of aliphatic carboxylic acids is 1. The number of unbranched alkanes of at least 4 members (excludes halogenated alkanes) is 10. The number of nitrogens with zero attached hydrogens (tertiary/aromatic N) is 1. The molecule has 0 aromatic rings. The second kappa shape index (κ2) is 18.4. The zero-order chi connectivity index (χ0) is 16.6. The van der Waals surface area contributed by atoms with Gasteiger partial charge in [0.2, 0.25) is 0 Å². The Balaban J connectivity index is 0. The van der Waals surface area contributed by atoms with Gasteiger partial charge in [-0.2, -0.15) is 0 Å². The molecule has 0 aliphatic rings. The van der Waals surface area contributed by atoms with Gasteiger partial charge < -0.3 is 9.90 Å². The molecule has 0 radical (unpaired) electrons. The van der Waals surface area contributed by atoms with Crippen molar-refractivity contribution in [2.75, 3.05) is 13.1 Å². The number of hydrogen-bond donors (Lipinski definition) is 0. The Hall–Kier alpha value is 0.0274. The fraction of sp³-hybridized carbons (Fsp3) is 0.947. The quantitative estimate of drug-likeness (QED) is 0.317. The van der Waals surface area contributed by atoms with Crippen LogP contribution in [0.2, 0.25) is 0 Å². The van der Waals surface area contributed by atoms with Crippen molar-refractivity contribution >= 4 is 5.97 Å². The van der Waals surface area contributed by atoms with Gasteiger partial charge in [0.15, 0.2) is 0 Å². The maximum atomic E-state index is 11.1. The van der Waals surface area contributed by atoms with Gasteiger partial charge in [-0.05, 0) is 32.9 Å². The van der Waals surface area contributed by atoms with Crippen LogP contribution in [-0.2, 0) is 4.79 Å². The molecule has 0 aromatic carbocycles. The Bertz CT molecular complexity index is 246. The molecule has 132 valence electrons. The normalized spacial score (nSPS) is 12.2. The van der Waals surface area contributed by atoms with Crippen molar-refractivity contribution in [1.82, 2.24) is 4.90 Å². The maximum Gasteiger partial charge on any atom is 1.00 e. The summed E-state index contributed by atoms with van der Waals surface area (Å²) in [4.78, 5) is 13.2. The molecule has 4 heteroatoms. The van der Waals surface area contributed by atoms with Gasteiger partial charge in [0, 0.05) is 6.04 Å². The summed E-state index contributed by atoms with van der Waals surface area (Å²) in [5.41, 5.74) is 0. The number of carboxylic acid groups (broad SMARTS) is 1. The van der Waals surface area contributed by atoms with Crippen LogP contribution in [-0.4, -0.2) is 30.0 Å². The van der Waals surface area contributed by atoms with Gasteiger partial charge >= 0.3 is 18.9 Å². The van der Waals surface area contributed by atoms with Crippen LogP contribution >= 0.6 is 0 Å². The Kier molecular flexibility index (Phi) is 20.2. The van der Waals surface area contributed by atoms with E-state index in [1.165, 1.54) is 64.2 Å². The topological polar surface area (TPSA) is 43.4 Å². The minimum absolute atomic E-state index is 0. The summed E-state index contributed by atoms with van der Waals surface area (Å²) in [5.74, 6) is -0.933. The predicted octanol–water partition coefficient (Wildman–Crippen LogP) is 1.15. The second-order valence-electron chi connectivity index (χ2n) is 6.57. The van der Waals surface area contributed by atoms with E-state index in [2.05, 4.69) is 18.7 Å². The van der Waals surface area contributed by atoms with Gasteiger partial charge in [0.05, 0.1) is 5.97 Å². The van der Waals surface area contributed by atoms with E-state index < -0.39 is 12.0 Å². The van der Waals surface area contributed by atoms with Crippen LogP contribution in [0.5, 0.6) is 0 Å². The Morgan fingerprint density at radius 2 is 1.13 bits per heavy atom. The Labute approximate surface area is 156 Å². The van der Waals surface area contributed by atoms with E-state index in [0.717, 1.165) is 25.9 Å². The minimum atomic E-state index is -0.933. The average Bonchev–Trinajstić information content (AvgIpc) is 2.51. The van der Waals surface area contributed by atoms with Crippen LogP contribution in [0.15, 0.2) is 0 Å². The molecule has 0 saturated carbocycles. The summed E-state index contributed by atoms with van der Waals surface area (Å²) in [7, 11) is 0. The first-order chi connectivity index (χ1) is 10.6. The summed E-state index contributed by atoms with van der Waals surface area (Å²) in [6, 6.07) is -0.453. The third-order valence-electron chi connectivity index (χ3n) is 4.49. The van der Waals surface area contributed by atoms with E-state index >= 15 is 0 Å². The summed E-state index contributed by atoms with van der Waals surface area (Å²) < 4.78 is 0. The molecular weight excluding hydrogens is 281 g/mol. The summed E-state index contributed by atoms with van der Waals surface area (Å²) in [5, 5.41) is 11.1. The molecular formula is C19H38LiNO2. The molecule has 0 aliphatic heterocycles. The van der Waals surface area contributed by atoms with Gasteiger partial charge in [-0.1, -0.05) is 78.1 Å². The maximum absolute atomic E-state index is 11.1. The molecule has 0 N–H and O–H groups in total. The van der Waals surface area contributed by atoms with Crippen molar-refractivity contribution in [3.63, 3.8) is 0 Å².